The fraction of sp³-hybridized carbons (Fsp3) is 0.929. The SMILES string of the molecule is CCCCC(CCCC)C(C=O)CCC. The van der Waals surface area contributed by atoms with Crippen molar-refractivity contribution in [2.45, 2.75) is 72.1 Å². The van der Waals surface area contributed by atoms with E-state index in [1.807, 2.05) is 0 Å². The fourth-order valence-electron chi connectivity index (χ4n) is 2.25. The molecule has 0 amide bonds. The third kappa shape index (κ3) is 6.70. The maximum absolute atomic E-state index is 11.1. The van der Waals surface area contributed by atoms with E-state index in [1.54, 1.807) is 0 Å². The summed E-state index contributed by atoms with van der Waals surface area (Å²) >= 11 is 0. The topological polar surface area (TPSA) is 17.1 Å². The lowest BCUT2D eigenvalue weighted by atomic mass is 9.82. The number of carbonyl (C=O) groups excluding carboxylic acids is 1. The van der Waals surface area contributed by atoms with Crippen LogP contribution in [0.3, 0.4) is 0 Å². The Balaban J connectivity index is 4.08. The van der Waals surface area contributed by atoms with Gasteiger partial charge in [-0.25, -0.2) is 0 Å². The lowest BCUT2D eigenvalue weighted by molar-refractivity contribution is -0.113. The Morgan fingerprint density at radius 3 is 1.73 bits per heavy atom. The summed E-state index contributed by atoms with van der Waals surface area (Å²) < 4.78 is 0. The van der Waals surface area contributed by atoms with Gasteiger partial charge >= 0.3 is 0 Å². The molecule has 0 aliphatic heterocycles. The van der Waals surface area contributed by atoms with E-state index < -0.39 is 0 Å². The number of carbonyl (C=O) groups is 1. The molecule has 0 spiro atoms. The predicted octanol–water partition coefficient (Wildman–Crippen LogP) is 4.60. The lowest BCUT2D eigenvalue weighted by Gasteiger charge is -2.22. The summed E-state index contributed by atoms with van der Waals surface area (Å²) in [5, 5.41) is 0. The molecule has 0 fully saturated rings. The third-order valence-corrected chi connectivity index (χ3v) is 3.26. The van der Waals surface area contributed by atoms with Crippen molar-refractivity contribution in [3.8, 4) is 0 Å². The maximum atomic E-state index is 11.1. The predicted molar refractivity (Wildman–Crippen MR) is 67.0 cm³/mol. The monoisotopic (exact) mass is 212 g/mol. The van der Waals surface area contributed by atoms with Crippen LogP contribution in [0.5, 0.6) is 0 Å². The third-order valence-electron chi connectivity index (χ3n) is 3.26. The molecule has 0 radical (unpaired) electrons. The van der Waals surface area contributed by atoms with Crippen LogP contribution >= 0.6 is 0 Å². The summed E-state index contributed by atoms with van der Waals surface area (Å²) in [6.45, 7) is 6.63. The van der Waals surface area contributed by atoms with Crippen molar-refractivity contribution in [1.82, 2.24) is 0 Å². The number of aldehydes is 1. The smallest absolute Gasteiger partial charge is 0.123 e. The first-order chi connectivity index (χ1) is 7.29. The molecule has 1 atom stereocenters. The minimum absolute atomic E-state index is 0.327. The van der Waals surface area contributed by atoms with Crippen molar-refractivity contribution >= 4 is 6.29 Å². The Kier molecular flexibility index (Phi) is 9.97. The van der Waals surface area contributed by atoms with E-state index in [1.165, 1.54) is 44.8 Å². The summed E-state index contributed by atoms with van der Waals surface area (Å²) in [4.78, 5) is 11.1. The molecule has 1 unspecified atom stereocenters. The highest BCUT2D eigenvalue weighted by molar-refractivity contribution is 5.53. The molecule has 0 rings (SSSR count). The Morgan fingerprint density at radius 1 is 0.867 bits per heavy atom. The van der Waals surface area contributed by atoms with Crippen LogP contribution in [0.4, 0.5) is 0 Å². The zero-order valence-corrected chi connectivity index (χ0v) is 10.8. The molecule has 0 saturated carbocycles. The van der Waals surface area contributed by atoms with Gasteiger partial charge in [0, 0.05) is 5.92 Å². The normalized spacial score (nSPS) is 13.1. The summed E-state index contributed by atoms with van der Waals surface area (Å²) in [6.07, 6.45) is 11.0. The maximum Gasteiger partial charge on any atom is 0.123 e. The van der Waals surface area contributed by atoms with Crippen LogP contribution in [0.25, 0.3) is 0 Å². The van der Waals surface area contributed by atoms with Crippen molar-refractivity contribution in [2.24, 2.45) is 11.8 Å². The molecule has 0 heterocycles. The Morgan fingerprint density at radius 2 is 1.40 bits per heavy atom. The average molecular weight is 212 g/mol. The fourth-order valence-corrected chi connectivity index (χ4v) is 2.25. The van der Waals surface area contributed by atoms with Gasteiger partial charge in [0.1, 0.15) is 6.29 Å². The molecule has 1 heteroatoms. The van der Waals surface area contributed by atoms with Crippen molar-refractivity contribution in [1.29, 1.82) is 0 Å². The van der Waals surface area contributed by atoms with E-state index in [2.05, 4.69) is 20.8 Å². The number of hydrogen-bond donors (Lipinski definition) is 0. The second-order valence-corrected chi connectivity index (χ2v) is 4.63. The molecular weight excluding hydrogens is 184 g/mol. The molecule has 0 aromatic heterocycles. The first-order valence-corrected chi connectivity index (χ1v) is 6.75. The molecule has 0 aromatic rings. The molecule has 15 heavy (non-hydrogen) atoms. The van der Waals surface area contributed by atoms with Gasteiger partial charge in [0.05, 0.1) is 0 Å². The molecule has 0 aromatic carbocycles. The van der Waals surface area contributed by atoms with E-state index in [0.717, 1.165) is 12.8 Å². The zero-order chi connectivity index (χ0) is 11.5. The van der Waals surface area contributed by atoms with Gasteiger partial charge in [-0.15, -0.1) is 0 Å². The minimum atomic E-state index is 0.327. The van der Waals surface area contributed by atoms with E-state index in [9.17, 15) is 4.79 Å². The van der Waals surface area contributed by atoms with Crippen LogP contribution in [0.1, 0.15) is 72.1 Å². The highest BCUT2D eigenvalue weighted by atomic mass is 16.1. The van der Waals surface area contributed by atoms with Gasteiger partial charge in [-0.1, -0.05) is 52.9 Å². The molecule has 90 valence electrons. The van der Waals surface area contributed by atoms with Crippen LogP contribution in [0, 0.1) is 11.8 Å². The molecule has 0 aliphatic rings. The van der Waals surface area contributed by atoms with Gasteiger partial charge in [-0.3, -0.25) is 0 Å². The van der Waals surface area contributed by atoms with Gasteiger partial charge in [0.2, 0.25) is 0 Å². The molecule has 0 N–H and O–H groups in total. The van der Waals surface area contributed by atoms with Crippen LogP contribution in [-0.4, -0.2) is 6.29 Å². The number of rotatable bonds is 10. The van der Waals surface area contributed by atoms with Crippen molar-refractivity contribution < 1.29 is 4.79 Å². The largest absolute Gasteiger partial charge is 0.303 e. The zero-order valence-electron chi connectivity index (χ0n) is 10.8. The number of hydrogen-bond acceptors (Lipinski definition) is 1. The van der Waals surface area contributed by atoms with Gasteiger partial charge in [0.15, 0.2) is 0 Å². The van der Waals surface area contributed by atoms with Crippen LogP contribution in [0.2, 0.25) is 0 Å². The minimum Gasteiger partial charge on any atom is -0.303 e. The molecule has 0 bridgehead atoms. The molecule has 0 saturated heterocycles. The summed E-state index contributed by atoms with van der Waals surface area (Å²) in [5.41, 5.74) is 0. The standard InChI is InChI=1S/C14H28O/c1-4-7-10-13(11-8-5-2)14(12-15)9-6-3/h12-14H,4-11H2,1-3H3. The van der Waals surface area contributed by atoms with E-state index in [4.69, 9.17) is 0 Å². The quantitative estimate of drug-likeness (QED) is 0.484. The summed E-state index contributed by atoms with van der Waals surface area (Å²) in [6, 6.07) is 0. The molecule has 1 nitrogen and oxygen atoms in total. The highest BCUT2D eigenvalue weighted by Gasteiger charge is 2.18. The summed E-state index contributed by atoms with van der Waals surface area (Å²) in [5.74, 6) is 0.982. The Bertz CT molecular complexity index is 134. The van der Waals surface area contributed by atoms with Crippen LogP contribution in [-0.2, 0) is 4.79 Å². The van der Waals surface area contributed by atoms with Gasteiger partial charge < -0.3 is 4.79 Å². The lowest BCUT2D eigenvalue weighted by Crippen LogP contribution is -2.16. The highest BCUT2D eigenvalue weighted by Crippen LogP contribution is 2.26. The Hall–Kier alpha value is -0.330. The van der Waals surface area contributed by atoms with Gasteiger partial charge in [-0.2, -0.15) is 0 Å². The first-order valence-electron chi connectivity index (χ1n) is 6.75. The second kappa shape index (κ2) is 10.2. The molecule has 0 aliphatic carbocycles. The number of unbranched alkanes of at least 4 members (excludes halogenated alkanes) is 2. The summed E-state index contributed by atoms with van der Waals surface area (Å²) in [7, 11) is 0. The van der Waals surface area contributed by atoms with E-state index in [-0.39, 0.29) is 0 Å². The van der Waals surface area contributed by atoms with E-state index in [0.29, 0.717) is 11.8 Å². The van der Waals surface area contributed by atoms with E-state index >= 15 is 0 Å². The van der Waals surface area contributed by atoms with Crippen LogP contribution < -0.4 is 0 Å². The van der Waals surface area contributed by atoms with Crippen molar-refractivity contribution in [3.05, 3.63) is 0 Å². The van der Waals surface area contributed by atoms with Crippen LogP contribution in [0.15, 0.2) is 0 Å². The van der Waals surface area contributed by atoms with Gasteiger partial charge in [-0.05, 0) is 25.2 Å². The van der Waals surface area contributed by atoms with Crippen molar-refractivity contribution in [3.63, 3.8) is 0 Å². The average Bonchev–Trinajstić information content (AvgIpc) is 2.27. The first kappa shape index (κ1) is 14.7. The van der Waals surface area contributed by atoms with Gasteiger partial charge in [0.25, 0.3) is 0 Å². The second-order valence-electron chi connectivity index (χ2n) is 4.63. The van der Waals surface area contributed by atoms with Crippen molar-refractivity contribution in [2.75, 3.05) is 0 Å². The Labute approximate surface area is 95.6 Å². The molecular formula is C14H28O.